The molecule has 0 aromatic carbocycles. The van der Waals surface area contributed by atoms with Crippen molar-refractivity contribution in [2.24, 2.45) is 0 Å². The van der Waals surface area contributed by atoms with Gasteiger partial charge in [0, 0.05) is 19.3 Å². The van der Waals surface area contributed by atoms with Gasteiger partial charge in [-0.25, -0.2) is 0 Å². The van der Waals surface area contributed by atoms with Crippen LogP contribution in [-0.4, -0.2) is 18.9 Å². The average molecular weight is 312 g/mol. The Kier molecular flexibility index (Phi) is 15.9. The molecule has 3 heteroatoms. The first kappa shape index (κ1) is 21.1. The third kappa shape index (κ3) is 15.5. The van der Waals surface area contributed by atoms with E-state index in [2.05, 4.69) is 11.7 Å². The summed E-state index contributed by atoms with van der Waals surface area (Å²) < 4.78 is 4.62. The fraction of sp³-hybridized carbons (Fsp3) is 0.895. The highest BCUT2D eigenvalue weighted by atomic mass is 16.5. The fourth-order valence-electron chi connectivity index (χ4n) is 2.69. The minimum Gasteiger partial charge on any atom is -0.469 e. The summed E-state index contributed by atoms with van der Waals surface area (Å²) in [4.78, 5) is 22.3. The Bertz CT molecular complexity index is 274. The predicted molar refractivity (Wildman–Crippen MR) is 92.0 cm³/mol. The second kappa shape index (κ2) is 16.5. The molecule has 3 nitrogen and oxygen atoms in total. The summed E-state index contributed by atoms with van der Waals surface area (Å²) in [5.74, 6) is 0.353. The highest BCUT2D eigenvalue weighted by Crippen LogP contribution is 2.13. The molecule has 0 radical (unpaired) electrons. The Morgan fingerprint density at radius 2 is 1.05 bits per heavy atom. The number of methoxy groups -OCH3 is 1. The van der Waals surface area contributed by atoms with Crippen LogP contribution in [0.3, 0.4) is 0 Å². The minimum atomic E-state index is -0.0867. The molecule has 0 rings (SSSR count). The molecule has 0 atom stereocenters. The van der Waals surface area contributed by atoms with Crippen LogP contribution in [0.2, 0.25) is 0 Å². The number of rotatable bonds is 16. The van der Waals surface area contributed by atoms with Crippen molar-refractivity contribution in [2.45, 2.75) is 103 Å². The van der Waals surface area contributed by atoms with E-state index in [1.54, 1.807) is 0 Å². The predicted octanol–water partition coefficient (Wildman–Crippen LogP) is 5.60. The zero-order chi connectivity index (χ0) is 16.5. The summed E-state index contributed by atoms with van der Waals surface area (Å²) in [5.41, 5.74) is 0. The van der Waals surface area contributed by atoms with Crippen LogP contribution >= 0.6 is 0 Å². The highest BCUT2D eigenvalue weighted by Gasteiger charge is 2.00. The first-order chi connectivity index (χ1) is 10.7. The zero-order valence-electron chi connectivity index (χ0n) is 14.8. The van der Waals surface area contributed by atoms with E-state index in [4.69, 9.17) is 0 Å². The molecule has 0 spiro atoms. The van der Waals surface area contributed by atoms with Crippen LogP contribution in [0.5, 0.6) is 0 Å². The van der Waals surface area contributed by atoms with Crippen molar-refractivity contribution in [3.05, 3.63) is 0 Å². The van der Waals surface area contributed by atoms with E-state index in [-0.39, 0.29) is 5.97 Å². The van der Waals surface area contributed by atoms with Crippen LogP contribution in [0.1, 0.15) is 103 Å². The molecule has 0 unspecified atom stereocenters. The van der Waals surface area contributed by atoms with Crippen molar-refractivity contribution < 1.29 is 14.3 Å². The number of hydrogen-bond acceptors (Lipinski definition) is 3. The van der Waals surface area contributed by atoms with E-state index < -0.39 is 0 Å². The smallest absolute Gasteiger partial charge is 0.305 e. The fourth-order valence-corrected chi connectivity index (χ4v) is 2.69. The number of esters is 1. The lowest BCUT2D eigenvalue weighted by molar-refractivity contribution is -0.140. The molecule has 0 heterocycles. The van der Waals surface area contributed by atoms with Crippen LogP contribution in [0, 0.1) is 0 Å². The van der Waals surface area contributed by atoms with E-state index in [9.17, 15) is 9.59 Å². The summed E-state index contributed by atoms with van der Waals surface area (Å²) in [6, 6.07) is 0. The number of ketones is 1. The van der Waals surface area contributed by atoms with Gasteiger partial charge >= 0.3 is 5.97 Å². The minimum absolute atomic E-state index is 0.0867. The van der Waals surface area contributed by atoms with Gasteiger partial charge in [0.15, 0.2) is 0 Å². The van der Waals surface area contributed by atoms with Crippen LogP contribution in [0.4, 0.5) is 0 Å². The lowest BCUT2D eigenvalue weighted by Crippen LogP contribution is -1.99. The summed E-state index contributed by atoms with van der Waals surface area (Å²) in [5, 5.41) is 0. The second-order valence-electron chi connectivity index (χ2n) is 6.25. The Labute approximate surface area is 137 Å². The van der Waals surface area contributed by atoms with Gasteiger partial charge in [-0.2, -0.15) is 0 Å². The van der Waals surface area contributed by atoms with Gasteiger partial charge in [-0.3, -0.25) is 9.59 Å². The molecule has 0 aromatic heterocycles. The van der Waals surface area contributed by atoms with Crippen LogP contribution < -0.4 is 0 Å². The normalized spacial score (nSPS) is 10.6. The Morgan fingerprint density at radius 3 is 1.45 bits per heavy atom. The number of carbonyl (C=O) groups is 2. The van der Waals surface area contributed by atoms with E-state index in [1.165, 1.54) is 58.5 Å². The maximum atomic E-state index is 11.4. The SMILES string of the molecule is CCCC(=O)CCCCCCCCCCCCCC(=O)OC. The molecule has 0 aliphatic rings. The van der Waals surface area contributed by atoms with Crippen molar-refractivity contribution in [1.82, 2.24) is 0 Å². The molecular formula is C19H36O3. The molecule has 0 fully saturated rings. The van der Waals surface area contributed by atoms with Crippen LogP contribution in [0.25, 0.3) is 0 Å². The lowest BCUT2D eigenvalue weighted by Gasteiger charge is -2.03. The monoisotopic (exact) mass is 312 g/mol. The van der Waals surface area contributed by atoms with E-state index >= 15 is 0 Å². The highest BCUT2D eigenvalue weighted by molar-refractivity contribution is 5.78. The number of Topliss-reactive ketones (excluding diaryl/α,β-unsaturated/α-hetero) is 1. The van der Waals surface area contributed by atoms with Crippen molar-refractivity contribution in [2.75, 3.05) is 7.11 Å². The van der Waals surface area contributed by atoms with Crippen LogP contribution in [0.15, 0.2) is 0 Å². The third-order valence-electron chi connectivity index (χ3n) is 4.09. The quantitative estimate of drug-likeness (QED) is 0.275. The Balaban J connectivity index is 3.08. The van der Waals surface area contributed by atoms with E-state index in [0.717, 1.165) is 38.5 Å². The maximum Gasteiger partial charge on any atom is 0.305 e. The van der Waals surface area contributed by atoms with Gasteiger partial charge in [-0.1, -0.05) is 64.7 Å². The molecular weight excluding hydrogens is 276 g/mol. The van der Waals surface area contributed by atoms with Gasteiger partial charge in [0.05, 0.1) is 7.11 Å². The van der Waals surface area contributed by atoms with Crippen molar-refractivity contribution in [1.29, 1.82) is 0 Å². The maximum absolute atomic E-state index is 11.4. The van der Waals surface area contributed by atoms with Crippen molar-refractivity contribution in [3.63, 3.8) is 0 Å². The van der Waals surface area contributed by atoms with Gasteiger partial charge < -0.3 is 4.74 Å². The molecule has 0 amide bonds. The summed E-state index contributed by atoms with van der Waals surface area (Å²) in [6.07, 6.45) is 16.6. The third-order valence-corrected chi connectivity index (χ3v) is 4.09. The molecule has 0 aliphatic carbocycles. The van der Waals surface area contributed by atoms with Crippen molar-refractivity contribution >= 4 is 11.8 Å². The molecule has 0 aliphatic heterocycles. The molecule has 0 bridgehead atoms. The van der Waals surface area contributed by atoms with E-state index in [1.807, 2.05) is 0 Å². The van der Waals surface area contributed by atoms with Gasteiger partial charge in [-0.05, 0) is 19.3 Å². The Hall–Kier alpha value is -0.860. The number of unbranched alkanes of at least 4 members (excludes halogenated alkanes) is 10. The van der Waals surface area contributed by atoms with Gasteiger partial charge in [0.2, 0.25) is 0 Å². The number of hydrogen-bond donors (Lipinski definition) is 0. The molecule has 22 heavy (non-hydrogen) atoms. The average Bonchev–Trinajstić information content (AvgIpc) is 2.51. The van der Waals surface area contributed by atoms with Gasteiger partial charge in [0.1, 0.15) is 5.78 Å². The first-order valence-electron chi connectivity index (χ1n) is 9.29. The lowest BCUT2D eigenvalue weighted by atomic mass is 10.0. The molecule has 0 saturated carbocycles. The topological polar surface area (TPSA) is 43.4 Å². The zero-order valence-corrected chi connectivity index (χ0v) is 14.8. The largest absolute Gasteiger partial charge is 0.469 e. The second-order valence-corrected chi connectivity index (χ2v) is 6.25. The summed E-state index contributed by atoms with van der Waals surface area (Å²) in [7, 11) is 1.45. The van der Waals surface area contributed by atoms with Gasteiger partial charge in [-0.15, -0.1) is 0 Å². The van der Waals surface area contributed by atoms with Gasteiger partial charge in [0.25, 0.3) is 0 Å². The standard InChI is InChI=1S/C19H36O3/c1-3-15-18(20)16-13-11-9-7-5-4-6-8-10-12-14-17-19(21)22-2/h3-17H2,1-2H3. The Morgan fingerprint density at radius 1 is 0.636 bits per heavy atom. The summed E-state index contributed by atoms with van der Waals surface area (Å²) >= 11 is 0. The van der Waals surface area contributed by atoms with E-state index in [0.29, 0.717) is 12.2 Å². The number of carbonyl (C=O) groups excluding carboxylic acids is 2. The molecule has 0 saturated heterocycles. The summed E-state index contributed by atoms with van der Waals surface area (Å²) in [6.45, 7) is 2.07. The number of ether oxygens (including phenoxy) is 1. The first-order valence-corrected chi connectivity index (χ1v) is 9.29. The molecule has 0 N–H and O–H groups in total. The van der Waals surface area contributed by atoms with Crippen molar-refractivity contribution in [3.8, 4) is 0 Å². The molecule has 0 aromatic rings. The van der Waals surface area contributed by atoms with Crippen LogP contribution in [-0.2, 0) is 14.3 Å². The molecule has 130 valence electrons.